The predicted molar refractivity (Wildman–Crippen MR) is 73.0 cm³/mol. The van der Waals surface area contributed by atoms with Gasteiger partial charge in [0, 0.05) is 22.7 Å². The van der Waals surface area contributed by atoms with Gasteiger partial charge in [-0.05, 0) is 11.6 Å². The van der Waals surface area contributed by atoms with E-state index in [4.69, 9.17) is 5.26 Å². The Bertz CT molecular complexity index is 781. The molecule has 0 aliphatic heterocycles. The second-order valence-electron chi connectivity index (χ2n) is 4.36. The van der Waals surface area contributed by atoms with E-state index in [1.807, 2.05) is 30.5 Å². The lowest BCUT2D eigenvalue weighted by Gasteiger charge is -2.05. The molecule has 0 spiro atoms. The van der Waals surface area contributed by atoms with Gasteiger partial charge in [-0.3, -0.25) is 0 Å². The van der Waals surface area contributed by atoms with Crippen molar-refractivity contribution in [2.24, 2.45) is 0 Å². The summed E-state index contributed by atoms with van der Waals surface area (Å²) in [6, 6.07) is 14.6. The van der Waals surface area contributed by atoms with Crippen LogP contribution in [0.25, 0.3) is 22.0 Å². The lowest BCUT2D eigenvalue weighted by Crippen LogP contribution is -1.85. The molecule has 1 N–H and O–H groups in total. The molecule has 0 radical (unpaired) electrons. The molecule has 0 amide bonds. The average molecular weight is 250 g/mol. The number of hydrogen-bond acceptors (Lipinski definition) is 1. The highest BCUT2D eigenvalue weighted by molar-refractivity contribution is 5.96. The van der Waals surface area contributed by atoms with Crippen molar-refractivity contribution >= 4 is 10.9 Å². The second kappa shape index (κ2) is 4.58. The molecule has 1 aromatic heterocycles. The predicted octanol–water partition coefficient (Wildman–Crippen LogP) is 4.04. The highest BCUT2D eigenvalue weighted by Gasteiger charge is 2.11. The van der Waals surface area contributed by atoms with Crippen LogP contribution in [0.15, 0.2) is 48.7 Å². The van der Waals surface area contributed by atoms with Gasteiger partial charge in [-0.25, -0.2) is 4.39 Å². The van der Waals surface area contributed by atoms with Gasteiger partial charge in [0.1, 0.15) is 5.82 Å². The van der Waals surface area contributed by atoms with Crippen LogP contribution in [-0.4, -0.2) is 4.98 Å². The lowest BCUT2D eigenvalue weighted by atomic mass is 10.0. The molecule has 3 aromatic rings. The highest BCUT2D eigenvalue weighted by Crippen LogP contribution is 2.31. The van der Waals surface area contributed by atoms with Crippen LogP contribution in [0.3, 0.4) is 0 Å². The van der Waals surface area contributed by atoms with Crippen molar-refractivity contribution in [1.82, 2.24) is 4.98 Å². The fourth-order valence-corrected chi connectivity index (χ4v) is 2.35. The van der Waals surface area contributed by atoms with Gasteiger partial charge in [0.25, 0.3) is 0 Å². The van der Waals surface area contributed by atoms with Crippen LogP contribution in [0.4, 0.5) is 4.39 Å². The molecule has 3 rings (SSSR count). The molecule has 0 saturated heterocycles. The molecule has 0 atom stereocenters. The van der Waals surface area contributed by atoms with Crippen molar-refractivity contribution in [3.63, 3.8) is 0 Å². The number of benzene rings is 2. The summed E-state index contributed by atoms with van der Waals surface area (Å²) in [4.78, 5) is 3.15. The average Bonchev–Trinajstić information content (AvgIpc) is 2.83. The van der Waals surface area contributed by atoms with E-state index in [1.165, 1.54) is 6.07 Å². The van der Waals surface area contributed by atoms with E-state index in [2.05, 4.69) is 11.1 Å². The van der Waals surface area contributed by atoms with Gasteiger partial charge >= 0.3 is 0 Å². The zero-order valence-electron chi connectivity index (χ0n) is 10.2. The first-order valence-electron chi connectivity index (χ1n) is 6.02. The Kier molecular flexibility index (Phi) is 2.77. The summed E-state index contributed by atoms with van der Waals surface area (Å²) >= 11 is 0. The number of aromatic amines is 1. The van der Waals surface area contributed by atoms with Gasteiger partial charge in [0.2, 0.25) is 0 Å². The van der Waals surface area contributed by atoms with Crippen LogP contribution in [0.1, 0.15) is 5.56 Å². The Morgan fingerprint density at radius 3 is 2.63 bits per heavy atom. The van der Waals surface area contributed by atoms with E-state index in [9.17, 15) is 4.39 Å². The summed E-state index contributed by atoms with van der Waals surface area (Å²) in [5.74, 6) is -0.244. The first-order valence-corrected chi connectivity index (χ1v) is 6.02. The van der Waals surface area contributed by atoms with Gasteiger partial charge in [-0.2, -0.15) is 5.26 Å². The monoisotopic (exact) mass is 250 g/mol. The molecule has 1 heterocycles. The van der Waals surface area contributed by atoms with E-state index in [-0.39, 0.29) is 5.82 Å². The first-order chi connectivity index (χ1) is 9.31. The first kappa shape index (κ1) is 11.5. The van der Waals surface area contributed by atoms with Crippen LogP contribution < -0.4 is 0 Å². The van der Waals surface area contributed by atoms with Crippen LogP contribution in [0, 0.1) is 17.1 Å². The van der Waals surface area contributed by atoms with E-state index in [0.717, 1.165) is 22.0 Å². The molecule has 0 saturated carbocycles. The third-order valence-corrected chi connectivity index (χ3v) is 3.23. The van der Waals surface area contributed by atoms with E-state index in [1.54, 1.807) is 12.1 Å². The number of nitriles is 1. The zero-order valence-corrected chi connectivity index (χ0v) is 10.2. The number of H-pyrrole nitrogens is 1. The molecular weight excluding hydrogens is 239 g/mol. The molecule has 2 aromatic carbocycles. The molecule has 2 nitrogen and oxygen atoms in total. The van der Waals surface area contributed by atoms with Gasteiger partial charge in [0.15, 0.2) is 0 Å². The molecule has 0 aliphatic rings. The third-order valence-electron chi connectivity index (χ3n) is 3.23. The summed E-state index contributed by atoms with van der Waals surface area (Å²) in [5, 5.41) is 9.78. The molecular formula is C16H11FN2. The SMILES string of the molecule is N#CCc1c[nH]c2c(-c3ccccc3F)cccc12. The molecule has 19 heavy (non-hydrogen) atoms. The number of para-hydroxylation sites is 1. The van der Waals surface area contributed by atoms with Gasteiger partial charge in [-0.15, -0.1) is 0 Å². The fraction of sp³-hybridized carbons (Fsp3) is 0.0625. The number of hydrogen-bond donors (Lipinski definition) is 1. The largest absolute Gasteiger partial charge is 0.360 e. The Morgan fingerprint density at radius 2 is 1.84 bits per heavy atom. The third kappa shape index (κ3) is 1.88. The fourth-order valence-electron chi connectivity index (χ4n) is 2.35. The molecule has 0 aliphatic carbocycles. The smallest absolute Gasteiger partial charge is 0.131 e. The molecule has 0 bridgehead atoms. The summed E-state index contributed by atoms with van der Waals surface area (Å²) < 4.78 is 13.9. The zero-order chi connectivity index (χ0) is 13.2. The van der Waals surface area contributed by atoms with Crippen molar-refractivity contribution in [2.45, 2.75) is 6.42 Å². The number of aromatic nitrogens is 1. The number of nitrogens with zero attached hydrogens (tertiary/aromatic N) is 1. The quantitative estimate of drug-likeness (QED) is 0.732. The Morgan fingerprint density at radius 1 is 1.05 bits per heavy atom. The molecule has 0 fully saturated rings. The van der Waals surface area contributed by atoms with Crippen molar-refractivity contribution in [2.75, 3.05) is 0 Å². The van der Waals surface area contributed by atoms with Crippen molar-refractivity contribution in [3.05, 3.63) is 60.0 Å². The maximum atomic E-state index is 13.9. The minimum absolute atomic E-state index is 0.244. The number of fused-ring (bicyclic) bond motifs is 1. The van der Waals surface area contributed by atoms with E-state index < -0.39 is 0 Å². The van der Waals surface area contributed by atoms with Gasteiger partial charge in [0.05, 0.1) is 18.0 Å². The standard InChI is InChI=1S/C16H11FN2/c17-15-7-2-1-4-13(15)14-6-3-5-12-11(8-9-18)10-19-16(12)14/h1-7,10,19H,8H2. The van der Waals surface area contributed by atoms with Gasteiger partial charge in [-0.1, -0.05) is 36.4 Å². The number of halogens is 1. The van der Waals surface area contributed by atoms with Crippen molar-refractivity contribution in [1.29, 1.82) is 5.26 Å². The van der Waals surface area contributed by atoms with Crippen molar-refractivity contribution in [3.8, 4) is 17.2 Å². The Labute approximate surface area is 110 Å². The molecule has 3 heteroatoms. The van der Waals surface area contributed by atoms with E-state index in [0.29, 0.717) is 12.0 Å². The minimum Gasteiger partial charge on any atom is -0.360 e. The van der Waals surface area contributed by atoms with Gasteiger partial charge < -0.3 is 4.98 Å². The number of nitrogens with one attached hydrogen (secondary N) is 1. The van der Waals surface area contributed by atoms with Crippen molar-refractivity contribution < 1.29 is 4.39 Å². The summed E-state index contributed by atoms with van der Waals surface area (Å²) in [5.41, 5.74) is 3.20. The van der Waals surface area contributed by atoms with E-state index >= 15 is 0 Å². The van der Waals surface area contributed by atoms with Crippen LogP contribution in [0.5, 0.6) is 0 Å². The van der Waals surface area contributed by atoms with Crippen LogP contribution in [0.2, 0.25) is 0 Å². The summed E-state index contributed by atoms with van der Waals surface area (Å²) in [6.45, 7) is 0. The Balaban J connectivity index is 2.26. The van der Waals surface area contributed by atoms with Crippen LogP contribution in [-0.2, 0) is 6.42 Å². The maximum absolute atomic E-state index is 13.9. The normalized spacial score (nSPS) is 10.5. The minimum atomic E-state index is -0.244. The number of rotatable bonds is 2. The summed E-state index contributed by atoms with van der Waals surface area (Å²) in [7, 11) is 0. The summed E-state index contributed by atoms with van der Waals surface area (Å²) in [6.07, 6.45) is 2.17. The molecule has 92 valence electrons. The highest BCUT2D eigenvalue weighted by atomic mass is 19.1. The topological polar surface area (TPSA) is 39.6 Å². The van der Waals surface area contributed by atoms with Crippen LogP contribution >= 0.6 is 0 Å². The Hall–Kier alpha value is -2.60. The lowest BCUT2D eigenvalue weighted by molar-refractivity contribution is 0.631. The molecule has 0 unspecified atom stereocenters. The second-order valence-corrected chi connectivity index (χ2v) is 4.36. The maximum Gasteiger partial charge on any atom is 0.131 e.